The van der Waals surface area contributed by atoms with Gasteiger partial charge in [0.25, 0.3) is 0 Å². The Bertz CT molecular complexity index is 1650. The van der Waals surface area contributed by atoms with Crippen molar-refractivity contribution in [3.8, 4) is 0 Å². The average Bonchev–Trinajstić information content (AvgIpc) is 3.03. The molecule has 4 aromatic rings. The highest BCUT2D eigenvalue weighted by molar-refractivity contribution is 5.99. The molecule has 0 aromatic heterocycles. The lowest BCUT2D eigenvalue weighted by molar-refractivity contribution is -0.173. The van der Waals surface area contributed by atoms with Crippen LogP contribution in [0.3, 0.4) is 0 Å². The molecule has 0 radical (unpaired) electrons. The Balaban J connectivity index is 1.62. The van der Waals surface area contributed by atoms with E-state index >= 15 is 0 Å². The predicted octanol–water partition coefficient (Wildman–Crippen LogP) is 6.98. The molecule has 0 atom stereocenters. The fourth-order valence-electron chi connectivity index (χ4n) is 6.16. The van der Waals surface area contributed by atoms with Crippen molar-refractivity contribution in [2.24, 2.45) is 0 Å². The molecule has 0 saturated heterocycles. The van der Waals surface area contributed by atoms with Crippen LogP contribution in [0.4, 0.5) is 0 Å². The number of rotatable bonds is 9. The van der Waals surface area contributed by atoms with Gasteiger partial charge in [-0.3, -0.25) is 0 Å². The molecule has 0 amide bonds. The number of ether oxygens (including phenoxy) is 2. The van der Waals surface area contributed by atoms with Gasteiger partial charge in [0, 0.05) is 5.57 Å². The summed E-state index contributed by atoms with van der Waals surface area (Å²) in [6.07, 6.45) is 10.8. The van der Waals surface area contributed by atoms with Crippen LogP contribution in [0, 0.1) is 13.8 Å². The summed E-state index contributed by atoms with van der Waals surface area (Å²) >= 11 is 0. The maximum atomic E-state index is 9.76. The Hall–Kier alpha value is -4.06. The summed E-state index contributed by atoms with van der Waals surface area (Å²) in [5.74, 6) is -1.29. The van der Waals surface area contributed by atoms with Crippen LogP contribution >= 0.6 is 0 Å². The van der Waals surface area contributed by atoms with Crippen LogP contribution < -0.4 is 0 Å². The third-order valence-corrected chi connectivity index (χ3v) is 8.24. The predicted molar refractivity (Wildman–Crippen MR) is 169 cm³/mol. The third kappa shape index (κ3) is 4.97. The Labute approximate surface area is 247 Å². The van der Waals surface area contributed by atoms with Gasteiger partial charge in [0.05, 0.1) is 31.8 Å². The fraction of sp³-hybridized carbons (Fsp3) is 0.211. The lowest BCUT2D eigenvalue weighted by Gasteiger charge is -2.40. The van der Waals surface area contributed by atoms with E-state index in [4.69, 9.17) is 9.47 Å². The minimum atomic E-state index is -1.29. The van der Waals surface area contributed by atoms with Gasteiger partial charge in [-0.1, -0.05) is 126 Å². The van der Waals surface area contributed by atoms with Crippen molar-refractivity contribution < 1.29 is 19.7 Å². The molecule has 42 heavy (non-hydrogen) atoms. The number of allylic oxidation sites excluding steroid dienone is 6. The number of hydrogen-bond donors (Lipinski definition) is 2. The van der Waals surface area contributed by atoms with Gasteiger partial charge in [-0.2, -0.15) is 0 Å². The Morgan fingerprint density at radius 1 is 0.643 bits per heavy atom. The second-order valence-electron chi connectivity index (χ2n) is 11.0. The SMILES string of the molecule is Cc1ccc(C2(c3ccc(C)cc3)C=CC3=C(c4cccc5ccccc45)C(OCCO)(OCCO)C=CC3=C2)cc1. The molecule has 4 heteroatoms. The molecule has 2 aliphatic rings. The van der Waals surface area contributed by atoms with Crippen molar-refractivity contribution in [1.29, 1.82) is 0 Å². The van der Waals surface area contributed by atoms with Crippen LogP contribution in [0.15, 0.2) is 133 Å². The maximum Gasteiger partial charge on any atom is 0.216 e. The summed E-state index contributed by atoms with van der Waals surface area (Å²) < 4.78 is 12.7. The minimum absolute atomic E-state index is 0.0801. The molecule has 2 aliphatic carbocycles. The van der Waals surface area contributed by atoms with E-state index in [2.05, 4.69) is 111 Å². The number of aliphatic hydroxyl groups is 2. The second kappa shape index (κ2) is 11.7. The lowest BCUT2D eigenvalue weighted by Crippen LogP contribution is -2.40. The van der Waals surface area contributed by atoms with Gasteiger partial charge in [0.2, 0.25) is 5.79 Å². The summed E-state index contributed by atoms with van der Waals surface area (Å²) in [6, 6.07) is 32.0. The van der Waals surface area contributed by atoms with E-state index in [1.54, 1.807) is 0 Å². The van der Waals surface area contributed by atoms with Crippen molar-refractivity contribution >= 4 is 16.3 Å². The number of benzene rings is 4. The van der Waals surface area contributed by atoms with Gasteiger partial charge in [-0.15, -0.1) is 0 Å². The highest BCUT2D eigenvalue weighted by Crippen LogP contribution is 2.49. The van der Waals surface area contributed by atoms with Crippen LogP contribution in [0.1, 0.15) is 27.8 Å². The third-order valence-electron chi connectivity index (χ3n) is 8.24. The van der Waals surface area contributed by atoms with Crippen molar-refractivity contribution in [3.05, 3.63) is 160 Å². The number of hydrogen-bond acceptors (Lipinski definition) is 4. The van der Waals surface area contributed by atoms with Crippen LogP contribution in [-0.2, 0) is 14.9 Å². The normalized spacial score (nSPS) is 16.9. The second-order valence-corrected chi connectivity index (χ2v) is 11.0. The van der Waals surface area contributed by atoms with Crippen LogP contribution in [0.5, 0.6) is 0 Å². The summed E-state index contributed by atoms with van der Waals surface area (Å²) in [7, 11) is 0. The Kier molecular flexibility index (Phi) is 7.80. The standard InChI is InChI=1S/C38H36O4/c1-27-10-14-31(15-11-27)37(32-16-12-28(2)13-17-32)20-19-34-30(26-37)18-21-38(41-24-22-39,42-25-23-40)36(34)35-9-5-7-29-6-3-4-8-33(29)35/h3-21,26,39-40H,22-25H2,1-2H3. The topological polar surface area (TPSA) is 58.9 Å². The van der Waals surface area contributed by atoms with Gasteiger partial charge >= 0.3 is 0 Å². The first-order valence-corrected chi connectivity index (χ1v) is 14.5. The van der Waals surface area contributed by atoms with E-state index in [1.807, 2.05) is 24.3 Å². The van der Waals surface area contributed by atoms with E-state index in [9.17, 15) is 10.2 Å². The first-order valence-electron chi connectivity index (χ1n) is 14.5. The first kappa shape index (κ1) is 28.1. The zero-order valence-corrected chi connectivity index (χ0v) is 24.1. The van der Waals surface area contributed by atoms with E-state index in [0.717, 1.165) is 33.1 Å². The molecule has 0 saturated carbocycles. The number of aryl methyl sites for hydroxylation is 2. The van der Waals surface area contributed by atoms with Crippen molar-refractivity contribution in [3.63, 3.8) is 0 Å². The van der Waals surface area contributed by atoms with Crippen LogP contribution in [0.25, 0.3) is 16.3 Å². The van der Waals surface area contributed by atoms with E-state index in [-0.39, 0.29) is 26.4 Å². The number of fused-ring (bicyclic) bond motifs is 2. The molecular weight excluding hydrogens is 520 g/mol. The van der Waals surface area contributed by atoms with Crippen molar-refractivity contribution in [2.75, 3.05) is 26.4 Å². The molecule has 0 unspecified atom stereocenters. The monoisotopic (exact) mass is 556 g/mol. The van der Waals surface area contributed by atoms with Gasteiger partial charge in [-0.25, -0.2) is 0 Å². The molecule has 0 aliphatic heterocycles. The molecular formula is C38H36O4. The van der Waals surface area contributed by atoms with Crippen LogP contribution in [0.2, 0.25) is 0 Å². The van der Waals surface area contributed by atoms with Crippen LogP contribution in [-0.4, -0.2) is 42.4 Å². The molecule has 4 nitrogen and oxygen atoms in total. The molecule has 0 fully saturated rings. The zero-order valence-electron chi connectivity index (χ0n) is 24.1. The van der Waals surface area contributed by atoms with Gasteiger partial charge in [-0.05, 0) is 58.5 Å². The molecule has 212 valence electrons. The van der Waals surface area contributed by atoms with Gasteiger partial charge in [0.1, 0.15) is 0 Å². The first-order chi connectivity index (χ1) is 20.5. The molecule has 4 aromatic carbocycles. The average molecular weight is 557 g/mol. The largest absolute Gasteiger partial charge is 0.394 e. The Morgan fingerprint density at radius 2 is 1.24 bits per heavy atom. The Morgan fingerprint density at radius 3 is 1.86 bits per heavy atom. The summed E-state index contributed by atoms with van der Waals surface area (Å²) in [4.78, 5) is 0. The molecule has 0 heterocycles. The fourth-order valence-corrected chi connectivity index (χ4v) is 6.16. The molecule has 0 spiro atoms. The van der Waals surface area contributed by atoms with Gasteiger partial charge in [0.15, 0.2) is 0 Å². The highest BCUT2D eigenvalue weighted by Gasteiger charge is 2.43. The summed E-state index contributed by atoms with van der Waals surface area (Å²) in [5, 5.41) is 21.7. The highest BCUT2D eigenvalue weighted by atomic mass is 16.7. The summed E-state index contributed by atoms with van der Waals surface area (Å²) in [5.41, 5.74) is 8.20. The van der Waals surface area contributed by atoms with E-state index < -0.39 is 11.2 Å². The maximum absolute atomic E-state index is 9.76. The smallest absolute Gasteiger partial charge is 0.216 e. The molecule has 2 N–H and O–H groups in total. The summed E-state index contributed by atoms with van der Waals surface area (Å²) in [6.45, 7) is 4.07. The minimum Gasteiger partial charge on any atom is -0.394 e. The van der Waals surface area contributed by atoms with Gasteiger partial charge < -0.3 is 19.7 Å². The number of aliphatic hydroxyl groups excluding tert-OH is 2. The lowest BCUT2D eigenvalue weighted by atomic mass is 9.68. The molecule has 6 rings (SSSR count). The molecule has 0 bridgehead atoms. The van der Waals surface area contributed by atoms with Crippen molar-refractivity contribution in [1.82, 2.24) is 0 Å². The van der Waals surface area contributed by atoms with Crippen molar-refractivity contribution in [2.45, 2.75) is 25.0 Å². The zero-order chi connectivity index (χ0) is 29.2. The van der Waals surface area contributed by atoms with E-state index in [0.29, 0.717) is 0 Å². The van der Waals surface area contributed by atoms with E-state index in [1.165, 1.54) is 22.3 Å². The quantitative estimate of drug-likeness (QED) is 0.219.